The van der Waals surface area contributed by atoms with Crippen LogP contribution in [0.5, 0.6) is 11.5 Å². The van der Waals surface area contributed by atoms with Gasteiger partial charge in [-0.25, -0.2) is 0 Å². The summed E-state index contributed by atoms with van der Waals surface area (Å²) in [5.74, 6) is 0.239. The lowest BCUT2D eigenvalue weighted by Crippen LogP contribution is -2.23. The van der Waals surface area contributed by atoms with Crippen LogP contribution in [0, 0.1) is 0 Å². The molecule has 6 heteroatoms. The Bertz CT molecular complexity index is 422. The van der Waals surface area contributed by atoms with E-state index in [2.05, 4.69) is 4.74 Å². The molecule has 0 radical (unpaired) electrons. The highest BCUT2D eigenvalue weighted by molar-refractivity contribution is 6.33. The highest BCUT2D eigenvalue weighted by Gasteiger charge is 2.23. The average molecular weight is 260 g/mol. The number of nitrogens with two attached hydrogens (primary N) is 1. The second kappa shape index (κ2) is 5.75. The summed E-state index contributed by atoms with van der Waals surface area (Å²) < 4.78 is 14.7. The van der Waals surface area contributed by atoms with Crippen molar-refractivity contribution in [1.29, 1.82) is 0 Å². The molecule has 0 saturated heterocycles. The molecule has 0 bridgehead atoms. The van der Waals surface area contributed by atoms with Gasteiger partial charge in [0.25, 0.3) is 0 Å². The van der Waals surface area contributed by atoms with Crippen molar-refractivity contribution in [3.05, 3.63) is 22.7 Å². The summed E-state index contributed by atoms with van der Waals surface area (Å²) >= 11 is 6.10. The van der Waals surface area contributed by atoms with Gasteiger partial charge in [0.05, 0.1) is 26.4 Å². The van der Waals surface area contributed by atoms with Gasteiger partial charge in [0, 0.05) is 5.56 Å². The Hall–Kier alpha value is -1.46. The van der Waals surface area contributed by atoms with Crippen LogP contribution in [-0.4, -0.2) is 27.3 Å². The Morgan fingerprint density at radius 3 is 2.41 bits per heavy atom. The van der Waals surface area contributed by atoms with E-state index in [0.717, 1.165) is 0 Å². The van der Waals surface area contributed by atoms with Crippen molar-refractivity contribution < 1.29 is 19.0 Å². The maximum Gasteiger partial charge on any atom is 0.327 e. The van der Waals surface area contributed by atoms with Crippen LogP contribution >= 0.6 is 11.6 Å². The molecule has 0 fully saturated rings. The van der Waals surface area contributed by atoms with Crippen LogP contribution in [0.15, 0.2) is 12.1 Å². The molecule has 0 aliphatic rings. The van der Waals surface area contributed by atoms with Gasteiger partial charge < -0.3 is 19.9 Å². The number of hydrogen-bond acceptors (Lipinski definition) is 5. The number of benzene rings is 1. The molecule has 1 aromatic carbocycles. The van der Waals surface area contributed by atoms with Crippen LogP contribution in [0.4, 0.5) is 0 Å². The zero-order valence-electron chi connectivity index (χ0n) is 9.82. The van der Waals surface area contributed by atoms with Crippen molar-refractivity contribution in [2.75, 3.05) is 21.3 Å². The van der Waals surface area contributed by atoms with Crippen molar-refractivity contribution >= 4 is 17.6 Å². The number of carbonyl (C=O) groups excluding carboxylic acids is 1. The van der Waals surface area contributed by atoms with Crippen molar-refractivity contribution in [3.8, 4) is 11.5 Å². The fourth-order valence-electron chi connectivity index (χ4n) is 1.40. The number of esters is 1. The molecule has 0 aliphatic heterocycles. The van der Waals surface area contributed by atoms with Gasteiger partial charge in [-0.2, -0.15) is 0 Å². The quantitative estimate of drug-likeness (QED) is 0.831. The van der Waals surface area contributed by atoms with Crippen LogP contribution < -0.4 is 15.2 Å². The Kier molecular flexibility index (Phi) is 4.60. The molecule has 0 amide bonds. The first kappa shape index (κ1) is 13.6. The third kappa shape index (κ3) is 2.62. The molecular weight excluding hydrogens is 246 g/mol. The normalized spacial score (nSPS) is 11.8. The largest absolute Gasteiger partial charge is 0.493 e. The predicted octanol–water partition coefficient (Wildman–Crippen LogP) is 1.53. The van der Waals surface area contributed by atoms with Gasteiger partial charge in [0.1, 0.15) is 6.04 Å². The third-order valence-electron chi connectivity index (χ3n) is 2.31. The summed E-state index contributed by atoms with van der Waals surface area (Å²) in [5.41, 5.74) is 6.14. The smallest absolute Gasteiger partial charge is 0.327 e. The van der Waals surface area contributed by atoms with Crippen LogP contribution in [0.2, 0.25) is 5.02 Å². The Balaban J connectivity index is 3.23. The standard InChI is InChI=1S/C11H14ClNO4/c1-15-7-5-4-6(8(12)10(7)16-2)9(13)11(14)17-3/h4-5,9H,13H2,1-3H3. The van der Waals surface area contributed by atoms with Crippen LogP contribution in [0.1, 0.15) is 11.6 Å². The molecule has 1 atom stereocenters. The lowest BCUT2D eigenvalue weighted by atomic mass is 10.1. The first-order valence-corrected chi connectivity index (χ1v) is 5.18. The van der Waals surface area contributed by atoms with Crippen LogP contribution in [-0.2, 0) is 9.53 Å². The van der Waals surface area contributed by atoms with E-state index in [9.17, 15) is 4.79 Å². The monoisotopic (exact) mass is 259 g/mol. The number of hydrogen-bond donors (Lipinski definition) is 1. The number of rotatable bonds is 4. The molecule has 1 aromatic rings. The molecule has 2 N–H and O–H groups in total. The van der Waals surface area contributed by atoms with Gasteiger partial charge in [0.15, 0.2) is 11.5 Å². The van der Waals surface area contributed by atoms with Crippen LogP contribution in [0.3, 0.4) is 0 Å². The summed E-state index contributed by atoms with van der Waals surface area (Å²) in [6.45, 7) is 0. The molecule has 5 nitrogen and oxygen atoms in total. The van der Waals surface area contributed by atoms with Gasteiger partial charge in [-0.15, -0.1) is 0 Å². The first-order valence-electron chi connectivity index (χ1n) is 4.80. The summed E-state index contributed by atoms with van der Waals surface area (Å²) in [6.07, 6.45) is 0. The zero-order chi connectivity index (χ0) is 13.0. The lowest BCUT2D eigenvalue weighted by molar-refractivity contribution is -0.142. The average Bonchev–Trinajstić information content (AvgIpc) is 2.36. The van der Waals surface area contributed by atoms with Gasteiger partial charge in [-0.05, 0) is 6.07 Å². The summed E-state index contributed by atoms with van der Waals surface area (Å²) in [4.78, 5) is 11.3. The molecule has 0 heterocycles. The van der Waals surface area contributed by atoms with E-state index in [1.54, 1.807) is 12.1 Å². The van der Waals surface area contributed by atoms with E-state index < -0.39 is 12.0 Å². The third-order valence-corrected chi connectivity index (χ3v) is 2.69. The van der Waals surface area contributed by atoms with Crippen LogP contribution in [0.25, 0.3) is 0 Å². The molecule has 1 unspecified atom stereocenters. The van der Waals surface area contributed by atoms with Crippen molar-refractivity contribution in [2.45, 2.75) is 6.04 Å². The Morgan fingerprint density at radius 2 is 1.94 bits per heavy atom. The minimum atomic E-state index is -0.952. The number of methoxy groups -OCH3 is 3. The molecule has 0 aliphatic carbocycles. The number of carbonyl (C=O) groups is 1. The maximum absolute atomic E-state index is 11.3. The molecule has 94 valence electrons. The minimum absolute atomic E-state index is 0.241. The summed E-state index contributed by atoms with van der Waals surface area (Å²) in [7, 11) is 4.21. The molecular formula is C11H14ClNO4. The van der Waals surface area contributed by atoms with Crippen molar-refractivity contribution in [3.63, 3.8) is 0 Å². The maximum atomic E-state index is 11.3. The number of halogens is 1. The molecule has 1 rings (SSSR count). The van der Waals surface area contributed by atoms with Gasteiger partial charge >= 0.3 is 5.97 Å². The fourth-order valence-corrected chi connectivity index (χ4v) is 1.75. The first-order chi connectivity index (χ1) is 8.06. The predicted molar refractivity (Wildman–Crippen MR) is 63.5 cm³/mol. The minimum Gasteiger partial charge on any atom is -0.493 e. The Labute approximate surface area is 104 Å². The van der Waals surface area contributed by atoms with E-state index in [-0.39, 0.29) is 5.02 Å². The van der Waals surface area contributed by atoms with E-state index in [1.807, 2.05) is 0 Å². The second-order valence-electron chi connectivity index (χ2n) is 3.21. The molecule has 0 spiro atoms. The lowest BCUT2D eigenvalue weighted by Gasteiger charge is -2.15. The summed E-state index contributed by atoms with van der Waals surface area (Å²) in [6, 6.07) is 2.28. The Morgan fingerprint density at radius 1 is 1.29 bits per heavy atom. The van der Waals surface area contributed by atoms with E-state index in [0.29, 0.717) is 17.1 Å². The highest BCUT2D eigenvalue weighted by atomic mass is 35.5. The van der Waals surface area contributed by atoms with E-state index in [1.165, 1.54) is 21.3 Å². The molecule has 17 heavy (non-hydrogen) atoms. The molecule has 0 saturated carbocycles. The van der Waals surface area contributed by atoms with E-state index >= 15 is 0 Å². The fraction of sp³-hybridized carbons (Fsp3) is 0.364. The number of ether oxygens (including phenoxy) is 3. The SMILES string of the molecule is COC(=O)C(N)c1ccc(OC)c(OC)c1Cl. The van der Waals surface area contributed by atoms with Gasteiger partial charge in [0.2, 0.25) is 0 Å². The summed E-state index contributed by atoms with van der Waals surface area (Å²) in [5, 5.41) is 0.241. The van der Waals surface area contributed by atoms with E-state index in [4.69, 9.17) is 26.8 Å². The second-order valence-corrected chi connectivity index (χ2v) is 3.58. The van der Waals surface area contributed by atoms with Crippen molar-refractivity contribution in [1.82, 2.24) is 0 Å². The van der Waals surface area contributed by atoms with Gasteiger partial charge in [-0.3, -0.25) is 4.79 Å². The van der Waals surface area contributed by atoms with Gasteiger partial charge in [-0.1, -0.05) is 17.7 Å². The zero-order valence-corrected chi connectivity index (χ0v) is 10.6. The van der Waals surface area contributed by atoms with Crippen molar-refractivity contribution in [2.24, 2.45) is 5.73 Å². The highest BCUT2D eigenvalue weighted by Crippen LogP contribution is 2.39. The topological polar surface area (TPSA) is 70.8 Å². The molecule has 0 aromatic heterocycles.